The van der Waals surface area contributed by atoms with Crippen molar-refractivity contribution < 1.29 is 18.3 Å². The second-order valence-electron chi connectivity index (χ2n) is 9.07. The van der Waals surface area contributed by atoms with Gasteiger partial charge in [0.15, 0.2) is 0 Å². The lowest BCUT2D eigenvalue weighted by Gasteiger charge is -2.17. The van der Waals surface area contributed by atoms with Gasteiger partial charge in [-0.1, -0.05) is 90.4 Å². The minimum absolute atomic E-state index is 0.414. The van der Waals surface area contributed by atoms with E-state index < -0.39 is 8.60 Å². The number of rotatable bonds is 7. The SMILES string of the molecule is CC\C(C)=C(C)/C=C1\COP(Oc2c3ccccc3cc3ccccc23)OC\C1=C/C(C)=C\COC. The van der Waals surface area contributed by atoms with Gasteiger partial charge < -0.3 is 9.26 Å². The van der Waals surface area contributed by atoms with Crippen LogP contribution in [0.25, 0.3) is 21.5 Å². The first-order valence-corrected chi connectivity index (χ1v) is 13.5. The Balaban J connectivity index is 1.69. The van der Waals surface area contributed by atoms with Crippen molar-refractivity contribution in [1.29, 1.82) is 0 Å². The standard InChI is InChI=1S/C31H35O4P/c1-6-23(3)24(4)18-28-21-34-36(33-20-27(28)17-22(2)15-16-32-5)35-31-29-13-9-7-11-25(29)19-26-12-8-10-14-30(26)31/h7-15,17-19H,6,16,20-21H2,1-5H3/b22-15-,24-23-,27-17+,28-18+. The van der Waals surface area contributed by atoms with Gasteiger partial charge in [0, 0.05) is 17.9 Å². The van der Waals surface area contributed by atoms with Crippen molar-refractivity contribution in [3.8, 4) is 5.75 Å². The van der Waals surface area contributed by atoms with Crippen LogP contribution < -0.4 is 4.52 Å². The van der Waals surface area contributed by atoms with Crippen LogP contribution in [0.1, 0.15) is 34.1 Å². The minimum atomic E-state index is -1.60. The summed E-state index contributed by atoms with van der Waals surface area (Å²) in [5.41, 5.74) is 5.95. The van der Waals surface area contributed by atoms with E-state index in [9.17, 15) is 0 Å². The van der Waals surface area contributed by atoms with Gasteiger partial charge in [0.2, 0.25) is 0 Å². The summed E-state index contributed by atoms with van der Waals surface area (Å²) in [6.45, 7) is 10.0. The molecule has 0 saturated carbocycles. The van der Waals surface area contributed by atoms with E-state index in [1.807, 2.05) is 24.3 Å². The molecule has 1 fully saturated rings. The molecule has 1 atom stereocenters. The lowest BCUT2D eigenvalue weighted by atomic mass is 10.00. The Bertz CT molecular complexity index is 1300. The fourth-order valence-electron chi connectivity index (χ4n) is 4.15. The number of fused-ring (bicyclic) bond motifs is 2. The predicted molar refractivity (Wildman–Crippen MR) is 151 cm³/mol. The number of hydrogen-bond donors (Lipinski definition) is 0. The van der Waals surface area contributed by atoms with Crippen LogP contribution in [0.3, 0.4) is 0 Å². The number of methoxy groups -OCH3 is 1. The van der Waals surface area contributed by atoms with Crippen molar-refractivity contribution in [3.63, 3.8) is 0 Å². The summed E-state index contributed by atoms with van der Waals surface area (Å²) in [6, 6.07) is 18.8. The van der Waals surface area contributed by atoms with Crippen LogP contribution in [-0.2, 0) is 13.8 Å². The van der Waals surface area contributed by atoms with Gasteiger partial charge in [-0.15, -0.1) is 0 Å². The molecule has 0 aromatic heterocycles. The molecule has 1 saturated heterocycles. The van der Waals surface area contributed by atoms with Crippen LogP contribution in [-0.4, -0.2) is 26.9 Å². The van der Waals surface area contributed by atoms with Crippen molar-refractivity contribution in [3.05, 3.63) is 101 Å². The molecule has 3 aromatic carbocycles. The molecular formula is C31H35O4P. The van der Waals surface area contributed by atoms with E-state index in [0.717, 1.165) is 50.4 Å². The van der Waals surface area contributed by atoms with Crippen LogP contribution in [0.2, 0.25) is 0 Å². The fourth-order valence-corrected chi connectivity index (χ4v) is 5.16. The maximum Gasteiger partial charge on any atom is 0.397 e. The van der Waals surface area contributed by atoms with Crippen molar-refractivity contribution >= 4 is 30.1 Å². The molecule has 4 nitrogen and oxygen atoms in total. The second-order valence-corrected chi connectivity index (χ2v) is 10.2. The molecule has 5 heteroatoms. The molecule has 0 amide bonds. The van der Waals surface area contributed by atoms with E-state index in [4.69, 9.17) is 18.3 Å². The van der Waals surface area contributed by atoms with Crippen LogP contribution in [0.15, 0.2) is 101 Å². The monoisotopic (exact) mass is 502 g/mol. The van der Waals surface area contributed by atoms with Crippen LogP contribution in [0.5, 0.6) is 5.75 Å². The Kier molecular flexibility index (Phi) is 9.12. The quantitative estimate of drug-likeness (QED) is 0.239. The topological polar surface area (TPSA) is 36.9 Å². The van der Waals surface area contributed by atoms with Crippen molar-refractivity contribution in [2.24, 2.45) is 0 Å². The maximum atomic E-state index is 6.52. The van der Waals surface area contributed by atoms with Crippen LogP contribution in [0, 0.1) is 0 Å². The van der Waals surface area contributed by atoms with Crippen molar-refractivity contribution in [1.82, 2.24) is 0 Å². The molecule has 0 N–H and O–H groups in total. The van der Waals surface area contributed by atoms with E-state index in [1.54, 1.807) is 7.11 Å². The average molecular weight is 503 g/mol. The Morgan fingerprint density at radius 2 is 1.47 bits per heavy atom. The van der Waals surface area contributed by atoms with Crippen molar-refractivity contribution in [2.75, 3.05) is 26.9 Å². The lowest BCUT2D eigenvalue weighted by Crippen LogP contribution is -2.00. The van der Waals surface area contributed by atoms with Gasteiger partial charge in [-0.2, -0.15) is 0 Å². The van der Waals surface area contributed by atoms with Gasteiger partial charge in [0.25, 0.3) is 0 Å². The van der Waals surface area contributed by atoms with E-state index in [0.29, 0.717) is 19.8 Å². The highest BCUT2D eigenvalue weighted by atomic mass is 31.2. The van der Waals surface area contributed by atoms with E-state index in [2.05, 4.69) is 76.3 Å². The molecule has 1 heterocycles. The zero-order chi connectivity index (χ0) is 25.5. The molecule has 3 aromatic rings. The third kappa shape index (κ3) is 6.32. The summed E-state index contributed by atoms with van der Waals surface area (Å²) >= 11 is 0. The molecule has 1 unspecified atom stereocenters. The molecule has 0 aliphatic carbocycles. The molecule has 188 valence electrons. The second kappa shape index (κ2) is 12.5. The van der Waals surface area contributed by atoms with Gasteiger partial charge in [-0.05, 0) is 55.2 Å². The number of ether oxygens (including phenoxy) is 1. The number of allylic oxidation sites excluding steroid dienone is 5. The molecule has 0 radical (unpaired) electrons. The predicted octanol–water partition coefficient (Wildman–Crippen LogP) is 8.84. The minimum Gasteiger partial charge on any atom is -0.425 e. The Labute approximate surface area is 215 Å². The van der Waals surface area contributed by atoms with Crippen LogP contribution in [0.4, 0.5) is 0 Å². The summed E-state index contributed by atoms with van der Waals surface area (Å²) in [5, 5.41) is 4.37. The molecule has 0 bridgehead atoms. The summed E-state index contributed by atoms with van der Waals surface area (Å²) in [4.78, 5) is 0. The largest absolute Gasteiger partial charge is 0.425 e. The molecular weight excluding hydrogens is 467 g/mol. The van der Waals surface area contributed by atoms with E-state index in [-0.39, 0.29) is 0 Å². The number of hydrogen-bond acceptors (Lipinski definition) is 4. The summed E-state index contributed by atoms with van der Waals surface area (Å²) in [5.74, 6) is 0.807. The van der Waals surface area contributed by atoms with Crippen molar-refractivity contribution in [2.45, 2.75) is 34.1 Å². The zero-order valence-electron chi connectivity index (χ0n) is 21.8. The first-order valence-electron chi connectivity index (χ1n) is 12.4. The third-order valence-corrected chi connectivity index (χ3v) is 7.53. The van der Waals surface area contributed by atoms with Gasteiger partial charge in [-0.3, -0.25) is 9.05 Å². The molecule has 0 spiro atoms. The molecule has 1 aliphatic heterocycles. The van der Waals surface area contributed by atoms with Gasteiger partial charge in [0.1, 0.15) is 5.75 Å². The summed E-state index contributed by atoms with van der Waals surface area (Å²) < 4.78 is 24.3. The third-order valence-electron chi connectivity index (χ3n) is 6.52. The molecule has 36 heavy (non-hydrogen) atoms. The maximum absolute atomic E-state index is 6.52. The summed E-state index contributed by atoms with van der Waals surface area (Å²) in [6.07, 6.45) is 7.47. The highest BCUT2D eigenvalue weighted by molar-refractivity contribution is 7.42. The van der Waals surface area contributed by atoms with Crippen LogP contribution >= 0.6 is 8.60 Å². The van der Waals surface area contributed by atoms with Gasteiger partial charge >= 0.3 is 8.60 Å². The first kappa shape index (κ1) is 26.3. The zero-order valence-corrected chi connectivity index (χ0v) is 22.7. The normalized spacial score (nSPS) is 20.1. The lowest BCUT2D eigenvalue weighted by molar-refractivity contribution is 0.233. The number of benzene rings is 3. The van der Waals surface area contributed by atoms with E-state index >= 15 is 0 Å². The Morgan fingerprint density at radius 3 is 2.06 bits per heavy atom. The first-order chi connectivity index (χ1) is 17.5. The summed E-state index contributed by atoms with van der Waals surface area (Å²) in [7, 11) is 0.106. The Hall–Kier alpha value is -2.75. The molecule has 4 rings (SSSR count). The molecule has 1 aliphatic rings. The van der Waals surface area contributed by atoms with Gasteiger partial charge in [0.05, 0.1) is 19.8 Å². The average Bonchev–Trinajstić information content (AvgIpc) is 3.08. The fraction of sp³-hybridized carbons (Fsp3) is 0.290. The Morgan fingerprint density at radius 1 is 0.889 bits per heavy atom. The van der Waals surface area contributed by atoms with Gasteiger partial charge in [-0.25, -0.2) is 0 Å². The van der Waals surface area contributed by atoms with E-state index in [1.165, 1.54) is 11.1 Å². The highest BCUT2D eigenvalue weighted by Gasteiger charge is 2.24. The smallest absolute Gasteiger partial charge is 0.397 e. The highest BCUT2D eigenvalue weighted by Crippen LogP contribution is 2.48.